The van der Waals surface area contributed by atoms with Crippen molar-refractivity contribution in [2.45, 2.75) is 32.2 Å². The van der Waals surface area contributed by atoms with Crippen LogP contribution in [0.25, 0.3) is 0 Å². The van der Waals surface area contributed by atoms with Crippen LogP contribution < -0.4 is 0 Å². The summed E-state index contributed by atoms with van der Waals surface area (Å²) in [6.07, 6.45) is 12.3. The normalized spacial score (nSPS) is 21.7. The van der Waals surface area contributed by atoms with E-state index in [9.17, 15) is 0 Å². The van der Waals surface area contributed by atoms with Gasteiger partial charge < -0.3 is 0 Å². The largest absolute Gasteiger partial charge is 0.299 e. The van der Waals surface area contributed by atoms with E-state index < -0.39 is 0 Å². The first-order chi connectivity index (χ1) is 8.27. The third-order valence-corrected chi connectivity index (χ3v) is 3.75. The molecule has 1 aromatic rings. The van der Waals surface area contributed by atoms with E-state index in [0.29, 0.717) is 6.04 Å². The molecule has 1 heterocycles. The number of hydrogen-bond donors (Lipinski definition) is 0. The van der Waals surface area contributed by atoms with E-state index in [1.807, 2.05) is 18.5 Å². The van der Waals surface area contributed by atoms with Crippen LogP contribution in [0.3, 0.4) is 0 Å². The van der Waals surface area contributed by atoms with Gasteiger partial charge >= 0.3 is 0 Å². The maximum atomic E-state index is 4.20. The molecular weight excluding hydrogens is 208 g/mol. The van der Waals surface area contributed by atoms with Crippen molar-refractivity contribution in [3.8, 4) is 0 Å². The van der Waals surface area contributed by atoms with Gasteiger partial charge in [-0.2, -0.15) is 0 Å². The lowest BCUT2D eigenvalue weighted by atomic mass is 9.93. The number of hydrogen-bond acceptors (Lipinski definition) is 2. The molecule has 1 aromatic heterocycles. The Morgan fingerprint density at radius 2 is 2.35 bits per heavy atom. The topological polar surface area (TPSA) is 16.1 Å². The van der Waals surface area contributed by atoms with E-state index in [2.05, 4.69) is 42.1 Å². The lowest BCUT2D eigenvalue weighted by Crippen LogP contribution is -2.29. The summed E-state index contributed by atoms with van der Waals surface area (Å²) < 4.78 is 0. The maximum Gasteiger partial charge on any atom is 0.0332 e. The van der Waals surface area contributed by atoms with E-state index in [4.69, 9.17) is 0 Å². The zero-order valence-corrected chi connectivity index (χ0v) is 10.8. The summed E-state index contributed by atoms with van der Waals surface area (Å²) >= 11 is 0. The molecule has 1 aliphatic carbocycles. The van der Waals surface area contributed by atoms with Crippen LogP contribution in [0.4, 0.5) is 0 Å². The Balaban J connectivity index is 1.91. The van der Waals surface area contributed by atoms with Crippen molar-refractivity contribution in [3.63, 3.8) is 0 Å². The molecule has 0 spiro atoms. The molecule has 0 fully saturated rings. The Morgan fingerprint density at radius 1 is 1.47 bits per heavy atom. The molecule has 0 saturated carbocycles. The third-order valence-electron chi connectivity index (χ3n) is 3.75. The summed E-state index contributed by atoms with van der Waals surface area (Å²) in [7, 11) is 2.22. The Kier molecular flexibility index (Phi) is 4.32. The molecule has 92 valence electrons. The van der Waals surface area contributed by atoms with Gasteiger partial charge in [-0.3, -0.25) is 9.88 Å². The third kappa shape index (κ3) is 3.40. The van der Waals surface area contributed by atoms with Gasteiger partial charge in [-0.25, -0.2) is 0 Å². The predicted octanol–water partition coefficient (Wildman–Crippen LogP) is 3.43. The van der Waals surface area contributed by atoms with E-state index in [-0.39, 0.29) is 0 Å². The SMILES string of the molecule is C[C@@H](c1cccnc1)N(C)C[C@@H]1CC=CCC1. The lowest BCUT2D eigenvalue weighted by molar-refractivity contribution is 0.212. The number of nitrogens with zero attached hydrogens (tertiary/aromatic N) is 2. The first-order valence-electron chi connectivity index (χ1n) is 6.52. The fourth-order valence-electron chi connectivity index (χ4n) is 2.47. The summed E-state index contributed by atoms with van der Waals surface area (Å²) in [5.41, 5.74) is 1.31. The van der Waals surface area contributed by atoms with Crippen LogP contribution in [0.5, 0.6) is 0 Å². The van der Waals surface area contributed by atoms with E-state index in [0.717, 1.165) is 5.92 Å². The number of rotatable bonds is 4. The summed E-state index contributed by atoms with van der Waals surface area (Å²) in [4.78, 5) is 6.64. The molecule has 0 aromatic carbocycles. The van der Waals surface area contributed by atoms with Gasteiger partial charge in [0.05, 0.1) is 0 Å². The average Bonchev–Trinajstić information content (AvgIpc) is 2.40. The monoisotopic (exact) mass is 230 g/mol. The summed E-state index contributed by atoms with van der Waals surface area (Å²) in [5, 5.41) is 0. The van der Waals surface area contributed by atoms with Crippen LogP contribution in [0.2, 0.25) is 0 Å². The van der Waals surface area contributed by atoms with E-state index >= 15 is 0 Å². The van der Waals surface area contributed by atoms with Crippen molar-refractivity contribution in [3.05, 3.63) is 42.2 Å². The number of aromatic nitrogens is 1. The quantitative estimate of drug-likeness (QED) is 0.737. The first kappa shape index (κ1) is 12.3. The first-order valence-corrected chi connectivity index (χ1v) is 6.52. The summed E-state index contributed by atoms with van der Waals surface area (Å²) in [6.45, 7) is 3.44. The van der Waals surface area contributed by atoms with Gasteiger partial charge in [0.2, 0.25) is 0 Å². The minimum atomic E-state index is 0.453. The molecule has 0 saturated heterocycles. The molecule has 0 amide bonds. The van der Waals surface area contributed by atoms with Gasteiger partial charge in [0.15, 0.2) is 0 Å². The van der Waals surface area contributed by atoms with Gasteiger partial charge in [-0.15, -0.1) is 0 Å². The maximum absolute atomic E-state index is 4.20. The Morgan fingerprint density at radius 3 is 3.00 bits per heavy atom. The van der Waals surface area contributed by atoms with Crippen molar-refractivity contribution in [2.75, 3.05) is 13.6 Å². The fourth-order valence-corrected chi connectivity index (χ4v) is 2.47. The van der Waals surface area contributed by atoms with Gasteiger partial charge in [0, 0.05) is 25.0 Å². The Labute approximate surface area is 104 Å². The molecule has 0 aliphatic heterocycles. The second kappa shape index (κ2) is 5.97. The van der Waals surface area contributed by atoms with Crippen molar-refractivity contribution < 1.29 is 0 Å². The molecule has 2 rings (SSSR count). The molecule has 0 N–H and O–H groups in total. The van der Waals surface area contributed by atoms with E-state index in [1.54, 1.807) is 0 Å². The highest BCUT2D eigenvalue weighted by molar-refractivity contribution is 5.12. The molecule has 0 bridgehead atoms. The number of allylic oxidation sites excluding steroid dienone is 2. The van der Waals surface area contributed by atoms with E-state index in [1.165, 1.54) is 31.4 Å². The zero-order valence-electron chi connectivity index (χ0n) is 10.8. The van der Waals surface area contributed by atoms with Crippen LogP contribution in [0.1, 0.15) is 37.8 Å². The van der Waals surface area contributed by atoms with Crippen molar-refractivity contribution in [1.29, 1.82) is 0 Å². The molecule has 17 heavy (non-hydrogen) atoms. The number of pyridine rings is 1. The van der Waals surface area contributed by atoms with Crippen molar-refractivity contribution >= 4 is 0 Å². The fraction of sp³-hybridized carbons (Fsp3) is 0.533. The van der Waals surface area contributed by atoms with Gasteiger partial charge in [-0.05, 0) is 50.8 Å². The standard InChI is InChI=1S/C15H22N2/c1-13(15-9-6-10-16-11-15)17(2)12-14-7-4-3-5-8-14/h3-4,6,9-11,13-14H,5,7-8,12H2,1-2H3/t13-,14+/m0/s1. The smallest absolute Gasteiger partial charge is 0.0332 e. The van der Waals surface area contributed by atoms with Crippen LogP contribution in [-0.2, 0) is 0 Å². The van der Waals surface area contributed by atoms with Crippen molar-refractivity contribution in [1.82, 2.24) is 9.88 Å². The average molecular weight is 230 g/mol. The minimum absolute atomic E-state index is 0.453. The van der Waals surface area contributed by atoms with Crippen LogP contribution >= 0.6 is 0 Å². The second-order valence-corrected chi connectivity index (χ2v) is 5.05. The Hall–Kier alpha value is -1.15. The molecule has 1 aliphatic rings. The summed E-state index contributed by atoms with van der Waals surface area (Å²) in [6, 6.07) is 4.63. The molecular formula is C15H22N2. The second-order valence-electron chi connectivity index (χ2n) is 5.05. The highest BCUT2D eigenvalue weighted by Crippen LogP contribution is 2.23. The summed E-state index contributed by atoms with van der Waals surface area (Å²) in [5.74, 6) is 0.823. The minimum Gasteiger partial charge on any atom is -0.299 e. The highest BCUT2D eigenvalue weighted by Gasteiger charge is 2.17. The van der Waals surface area contributed by atoms with Gasteiger partial charge in [0.1, 0.15) is 0 Å². The van der Waals surface area contributed by atoms with Crippen molar-refractivity contribution in [2.24, 2.45) is 5.92 Å². The van der Waals surface area contributed by atoms with Gasteiger partial charge in [-0.1, -0.05) is 18.2 Å². The van der Waals surface area contributed by atoms with Gasteiger partial charge in [0.25, 0.3) is 0 Å². The molecule has 0 radical (unpaired) electrons. The Bertz CT molecular complexity index is 358. The molecule has 2 atom stereocenters. The predicted molar refractivity (Wildman–Crippen MR) is 71.8 cm³/mol. The van der Waals surface area contributed by atoms with Crippen LogP contribution in [0, 0.1) is 5.92 Å². The van der Waals surface area contributed by atoms with Crippen LogP contribution in [-0.4, -0.2) is 23.5 Å². The highest BCUT2D eigenvalue weighted by atomic mass is 15.1. The molecule has 2 heteroatoms. The molecule has 2 nitrogen and oxygen atoms in total. The van der Waals surface area contributed by atoms with Crippen LogP contribution in [0.15, 0.2) is 36.7 Å². The molecule has 0 unspecified atom stereocenters. The zero-order chi connectivity index (χ0) is 12.1. The lowest BCUT2D eigenvalue weighted by Gasteiger charge is -2.29.